The van der Waals surface area contributed by atoms with Crippen molar-refractivity contribution in [2.75, 3.05) is 13.1 Å². The maximum absolute atomic E-state index is 13.7. The summed E-state index contributed by atoms with van der Waals surface area (Å²) in [7, 11) is 0. The first-order valence-electron chi connectivity index (χ1n) is 6.96. The summed E-state index contributed by atoms with van der Waals surface area (Å²) >= 11 is 0. The van der Waals surface area contributed by atoms with Gasteiger partial charge in [0.1, 0.15) is 5.82 Å². The lowest BCUT2D eigenvalue weighted by Crippen LogP contribution is -2.63. The molecule has 4 heteroatoms. The number of hydrogen-bond donors (Lipinski definition) is 1. The van der Waals surface area contributed by atoms with E-state index in [2.05, 4.69) is 9.88 Å². The third-order valence-electron chi connectivity index (χ3n) is 4.26. The number of halogens is 1. The van der Waals surface area contributed by atoms with Crippen molar-refractivity contribution in [1.82, 2.24) is 9.88 Å². The molecule has 0 spiro atoms. The van der Waals surface area contributed by atoms with Crippen molar-refractivity contribution >= 4 is 10.9 Å². The fourth-order valence-corrected chi connectivity index (χ4v) is 2.77. The second-order valence-electron chi connectivity index (χ2n) is 6.01. The molecule has 0 aliphatic carbocycles. The first-order valence-corrected chi connectivity index (χ1v) is 6.96. The quantitative estimate of drug-likeness (QED) is 0.934. The minimum atomic E-state index is -0.580. The zero-order valence-corrected chi connectivity index (χ0v) is 11.8. The molecule has 1 N–H and O–H groups in total. The van der Waals surface area contributed by atoms with Crippen LogP contribution >= 0.6 is 0 Å². The van der Waals surface area contributed by atoms with Gasteiger partial charge in [-0.25, -0.2) is 4.39 Å². The van der Waals surface area contributed by atoms with Gasteiger partial charge >= 0.3 is 0 Å². The zero-order chi connectivity index (χ0) is 14.3. The Balaban J connectivity index is 1.82. The Kier molecular flexibility index (Phi) is 3.22. The molecule has 2 heterocycles. The lowest BCUT2D eigenvalue weighted by molar-refractivity contribution is -0.130. The van der Waals surface area contributed by atoms with Crippen LogP contribution in [-0.2, 0) is 6.54 Å². The van der Waals surface area contributed by atoms with Gasteiger partial charge in [0.15, 0.2) is 0 Å². The molecular formula is C16H19FN2O. The van der Waals surface area contributed by atoms with Crippen molar-refractivity contribution in [2.24, 2.45) is 5.92 Å². The topological polar surface area (TPSA) is 36.4 Å². The van der Waals surface area contributed by atoms with E-state index in [0.717, 1.165) is 5.56 Å². The predicted octanol–water partition coefficient (Wildman–Crippen LogP) is 2.58. The molecule has 0 radical (unpaired) electrons. The highest BCUT2D eigenvalue weighted by molar-refractivity contribution is 5.82. The van der Waals surface area contributed by atoms with Crippen molar-refractivity contribution in [3.05, 3.63) is 41.8 Å². The zero-order valence-electron chi connectivity index (χ0n) is 11.8. The van der Waals surface area contributed by atoms with E-state index in [1.165, 1.54) is 6.07 Å². The molecular weight excluding hydrogens is 255 g/mol. The minimum absolute atomic E-state index is 0.237. The maximum atomic E-state index is 13.7. The normalized spacial score (nSPS) is 18.4. The molecule has 0 atom stereocenters. The average molecular weight is 274 g/mol. The van der Waals surface area contributed by atoms with Crippen LogP contribution in [0.2, 0.25) is 0 Å². The van der Waals surface area contributed by atoms with E-state index < -0.39 is 5.60 Å². The lowest BCUT2D eigenvalue weighted by atomic mass is 9.83. The number of fused-ring (bicyclic) bond motifs is 1. The Morgan fingerprint density at radius 1 is 1.35 bits per heavy atom. The van der Waals surface area contributed by atoms with Gasteiger partial charge in [0.05, 0.1) is 11.1 Å². The number of β-amino-alcohol motifs (C(OH)–C–C–N with tert-alkyl or cyclic N) is 1. The van der Waals surface area contributed by atoms with Crippen molar-refractivity contribution in [3.63, 3.8) is 0 Å². The summed E-state index contributed by atoms with van der Waals surface area (Å²) < 4.78 is 13.7. The highest BCUT2D eigenvalue weighted by Crippen LogP contribution is 2.31. The first-order chi connectivity index (χ1) is 9.49. The molecule has 1 aliphatic heterocycles. The standard InChI is InChI=1S/C16H19FN2O/c1-11(2)16(20)9-19(10-16)8-12-5-6-14(17)13-4-3-7-18-15(12)13/h3-7,11,20H,8-10H2,1-2H3. The van der Waals surface area contributed by atoms with Gasteiger partial charge < -0.3 is 5.11 Å². The van der Waals surface area contributed by atoms with Crippen LogP contribution in [0.5, 0.6) is 0 Å². The molecule has 0 saturated carbocycles. The van der Waals surface area contributed by atoms with Crippen LogP contribution in [-0.4, -0.2) is 33.7 Å². The molecule has 1 aromatic carbocycles. The number of aromatic nitrogens is 1. The number of hydrogen-bond acceptors (Lipinski definition) is 3. The highest BCUT2D eigenvalue weighted by Gasteiger charge is 2.43. The van der Waals surface area contributed by atoms with Gasteiger partial charge in [0.2, 0.25) is 0 Å². The Labute approximate surface area is 118 Å². The monoisotopic (exact) mass is 274 g/mol. The first kappa shape index (κ1) is 13.5. The second kappa shape index (κ2) is 4.79. The molecule has 0 bridgehead atoms. The molecule has 3 nitrogen and oxygen atoms in total. The van der Waals surface area contributed by atoms with E-state index in [1.807, 2.05) is 13.8 Å². The molecule has 106 valence electrons. The van der Waals surface area contributed by atoms with Gasteiger partial charge in [-0.05, 0) is 29.7 Å². The van der Waals surface area contributed by atoms with Gasteiger partial charge in [-0.3, -0.25) is 9.88 Å². The molecule has 0 unspecified atom stereocenters. The molecule has 2 aromatic rings. The fourth-order valence-electron chi connectivity index (χ4n) is 2.77. The molecule has 1 aromatic heterocycles. The summed E-state index contributed by atoms with van der Waals surface area (Å²) in [6.45, 7) is 6.09. The molecule has 20 heavy (non-hydrogen) atoms. The van der Waals surface area contributed by atoms with E-state index in [-0.39, 0.29) is 11.7 Å². The van der Waals surface area contributed by atoms with Crippen LogP contribution in [0, 0.1) is 11.7 Å². The number of nitrogens with zero attached hydrogens (tertiary/aromatic N) is 2. The van der Waals surface area contributed by atoms with E-state index in [4.69, 9.17) is 0 Å². The van der Waals surface area contributed by atoms with Gasteiger partial charge in [0.25, 0.3) is 0 Å². The number of aliphatic hydroxyl groups is 1. The Morgan fingerprint density at radius 3 is 2.80 bits per heavy atom. The Morgan fingerprint density at radius 2 is 2.10 bits per heavy atom. The van der Waals surface area contributed by atoms with Crippen LogP contribution in [0.15, 0.2) is 30.5 Å². The number of likely N-dealkylation sites (tertiary alicyclic amines) is 1. The molecule has 1 saturated heterocycles. The van der Waals surface area contributed by atoms with Crippen molar-refractivity contribution < 1.29 is 9.50 Å². The smallest absolute Gasteiger partial charge is 0.132 e. The number of benzene rings is 1. The van der Waals surface area contributed by atoms with Gasteiger partial charge in [-0.1, -0.05) is 19.9 Å². The van der Waals surface area contributed by atoms with E-state index >= 15 is 0 Å². The van der Waals surface area contributed by atoms with Crippen LogP contribution in [0.4, 0.5) is 4.39 Å². The molecule has 1 aliphatic rings. The summed E-state index contributed by atoms with van der Waals surface area (Å²) in [6, 6.07) is 6.78. The van der Waals surface area contributed by atoms with Gasteiger partial charge in [-0.2, -0.15) is 0 Å². The third-order valence-corrected chi connectivity index (χ3v) is 4.26. The van der Waals surface area contributed by atoms with Crippen LogP contribution in [0.1, 0.15) is 19.4 Å². The van der Waals surface area contributed by atoms with Crippen molar-refractivity contribution in [1.29, 1.82) is 0 Å². The summed E-state index contributed by atoms with van der Waals surface area (Å²) in [6.07, 6.45) is 1.69. The summed E-state index contributed by atoms with van der Waals surface area (Å²) in [5, 5.41) is 10.8. The Bertz CT molecular complexity index is 635. The number of pyridine rings is 1. The number of rotatable bonds is 3. The molecule has 1 fully saturated rings. The largest absolute Gasteiger partial charge is 0.387 e. The van der Waals surface area contributed by atoms with E-state index in [9.17, 15) is 9.50 Å². The van der Waals surface area contributed by atoms with Crippen LogP contribution < -0.4 is 0 Å². The second-order valence-corrected chi connectivity index (χ2v) is 6.01. The van der Waals surface area contributed by atoms with Crippen LogP contribution in [0.25, 0.3) is 10.9 Å². The van der Waals surface area contributed by atoms with Crippen molar-refractivity contribution in [3.8, 4) is 0 Å². The molecule has 3 rings (SSSR count). The molecule has 0 amide bonds. The average Bonchev–Trinajstić information content (AvgIpc) is 2.40. The van der Waals surface area contributed by atoms with Gasteiger partial charge in [-0.15, -0.1) is 0 Å². The van der Waals surface area contributed by atoms with Crippen molar-refractivity contribution in [2.45, 2.75) is 26.0 Å². The van der Waals surface area contributed by atoms with Gasteiger partial charge in [0, 0.05) is 31.2 Å². The highest BCUT2D eigenvalue weighted by atomic mass is 19.1. The lowest BCUT2D eigenvalue weighted by Gasteiger charge is -2.49. The minimum Gasteiger partial charge on any atom is -0.387 e. The summed E-state index contributed by atoms with van der Waals surface area (Å²) in [5.74, 6) is 0.0148. The summed E-state index contributed by atoms with van der Waals surface area (Å²) in [5.41, 5.74) is 1.14. The summed E-state index contributed by atoms with van der Waals surface area (Å²) in [4.78, 5) is 6.46. The van der Waals surface area contributed by atoms with E-state index in [0.29, 0.717) is 30.5 Å². The Hall–Kier alpha value is -1.52. The van der Waals surface area contributed by atoms with E-state index in [1.54, 1.807) is 24.4 Å². The predicted molar refractivity (Wildman–Crippen MR) is 76.8 cm³/mol. The van der Waals surface area contributed by atoms with Crippen LogP contribution in [0.3, 0.4) is 0 Å². The SMILES string of the molecule is CC(C)C1(O)CN(Cc2ccc(F)c3cccnc23)C1. The third kappa shape index (κ3) is 2.19. The fraction of sp³-hybridized carbons (Fsp3) is 0.438. The maximum Gasteiger partial charge on any atom is 0.132 e.